The van der Waals surface area contributed by atoms with Gasteiger partial charge in [0.15, 0.2) is 0 Å². The Kier molecular flexibility index (Phi) is 1.29. The first-order valence-electron chi connectivity index (χ1n) is 4.10. The van der Waals surface area contributed by atoms with Crippen LogP contribution in [0.15, 0.2) is 0 Å². The highest BCUT2D eigenvalue weighted by Gasteiger charge is 2.63. The maximum atomic E-state index is 5.89. The second-order valence-corrected chi connectivity index (χ2v) is 3.62. The van der Waals surface area contributed by atoms with E-state index in [1.165, 1.54) is 25.7 Å². The summed E-state index contributed by atoms with van der Waals surface area (Å²) in [7, 11) is 1.78. The van der Waals surface area contributed by atoms with Crippen LogP contribution < -0.4 is 5.73 Å². The molecule has 2 fully saturated rings. The maximum Gasteiger partial charge on any atom is 0.0800 e. The zero-order chi connectivity index (χ0) is 7.19. The molecule has 2 saturated carbocycles. The predicted octanol–water partition coefficient (Wildman–Crippen LogP) is 0.903. The van der Waals surface area contributed by atoms with E-state index < -0.39 is 0 Å². The number of ether oxygens (including phenoxy) is 1. The normalized spacial score (nSPS) is 42.6. The smallest absolute Gasteiger partial charge is 0.0800 e. The van der Waals surface area contributed by atoms with Gasteiger partial charge in [-0.2, -0.15) is 0 Å². The highest BCUT2D eigenvalue weighted by atomic mass is 16.5. The summed E-state index contributed by atoms with van der Waals surface area (Å²) >= 11 is 0. The molecule has 0 aromatic rings. The Morgan fingerprint density at radius 1 is 1.40 bits per heavy atom. The van der Waals surface area contributed by atoms with E-state index in [1.807, 2.05) is 0 Å². The largest absolute Gasteiger partial charge is 0.379 e. The van der Waals surface area contributed by atoms with Crippen LogP contribution in [-0.2, 0) is 4.74 Å². The summed E-state index contributed by atoms with van der Waals surface area (Å²) in [5.74, 6) is 0. The highest BCUT2D eigenvalue weighted by Crippen LogP contribution is 2.58. The van der Waals surface area contributed by atoms with Crippen molar-refractivity contribution in [2.24, 2.45) is 11.1 Å². The topological polar surface area (TPSA) is 35.2 Å². The van der Waals surface area contributed by atoms with Crippen LogP contribution in [0.1, 0.15) is 25.7 Å². The van der Waals surface area contributed by atoms with E-state index in [0.29, 0.717) is 17.6 Å². The van der Waals surface area contributed by atoms with Crippen molar-refractivity contribution >= 4 is 0 Å². The van der Waals surface area contributed by atoms with Crippen molar-refractivity contribution < 1.29 is 4.74 Å². The van der Waals surface area contributed by atoms with Gasteiger partial charge in [-0.15, -0.1) is 0 Å². The molecule has 0 bridgehead atoms. The zero-order valence-corrected chi connectivity index (χ0v) is 6.47. The van der Waals surface area contributed by atoms with Gasteiger partial charge in [-0.25, -0.2) is 0 Å². The summed E-state index contributed by atoms with van der Waals surface area (Å²) in [4.78, 5) is 0. The molecule has 2 rings (SSSR count). The van der Waals surface area contributed by atoms with E-state index in [2.05, 4.69) is 0 Å². The van der Waals surface area contributed by atoms with Crippen molar-refractivity contribution in [3.63, 3.8) is 0 Å². The number of rotatable bonds is 1. The van der Waals surface area contributed by atoms with Crippen molar-refractivity contribution in [3.05, 3.63) is 0 Å². The molecule has 0 unspecified atom stereocenters. The highest BCUT2D eigenvalue weighted by molar-refractivity contribution is 5.17. The lowest BCUT2D eigenvalue weighted by Gasteiger charge is -2.04. The standard InChI is InChI=1S/C8H15NO/c1-10-7-6(9)8(7)4-2-3-5-8/h6-7H,2-5,9H2,1H3/t6-,7+/m1/s1. The fourth-order valence-corrected chi connectivity index (χ4v) is 2.52. The third-order valence-corrected chi connectivity index (χ3v) is 3.24. The van der Waals surface area contributed by atoms with Crippen LogP contribution in [0.5, 0.6) is 0 Å². The van der Waals surface area contributed by atoms with Crippen LogP contribution in [0, 0.1) is 5.41 Å². The first-order chi connectivity index (χ1) is 4.81. The Morgan fingerprint density at radius 3 is 2.40 bits per heavy atom. The fraction of sp³-hybridized carbons (Fsp3) is 1.00. The molecule has 0 amide bonds. The van der Waals surface area contributed by atoms with E-state index >= 15 is 0 Å². The second kappa shape index (κ2) is 1.95. The van der Waals surface area contributed by atoms with Crippen LogP contribution in [0.25, 0.3) is 0 Å². The van der Waals surface area contributed by atoms with Crippen LogP contribution >= 0.6 is 0 Å². The van der Waals surface area contributed by atoms with Gasteiger partial charge in [0.25, 0.3) is 0 Å². The lowest BCUT2D eigenvalue weighted by atomic mass is 10.1. The van der Waals surface area contributed by atoms with Gasteiger partial charge < -0.3 is 10.5 Å². The molecule has 2 N–H and O–H groups in total. The molecule has 0 aromatic heterocycles. The number of hydrogen-bond acceptors (Lipinski definition) is 2. The van der Waals surface area contributed by atoms with Crippen molar-refractivity contribution in [1.29, 1.82) is 0 Å². The molecule has 0 saturated heterocycles. The quantitative estimate of drug-likeness (QED) is 0.589. The Bertz CT molecular complexity index is 140. The zero-order valence-electron chi connectivity index (χ0n) is 6.47. The van der Waals surface area contributed by atoms with Gasteiger partial charge in [-0.1, -0.05) is 12.8 Å². The van der Waals surface area contributed by atoms with Gasteiger partial charge >= 0.3 is 0 Å². The van der Waals surface area contributed by atoms with E-state index in [-0.39, 0.29) is 0 Å². The van der Waals surface area contributed by atoms with Gasteiger partial charge in [0, 0.05) is 18.6 Å². The minimum atomic E-state index is 0.347. The number of hydrogen-bond donors (Lipinski definition) is 1. The van der Waals surface area contributed by atoms with E-state index in [1.54, 1.807) is 7.11 Å². The predicted molar refractivity (Wildman–Crippen MR) is 39.7 cm³/mol. The third kappa shape index (κ3) is 0.611. The van der Waals surface area contributed by atoms with E-state index in [0.717, 1.165) is 0 Å². The Balaban J connectivity index is 2.05. The molecule has 10 heavy (non-hydrogen) atoms. The summed E-state index contributed by atoms with van der Waals surface area (Å²) in [5, 5.41) is 0. The van der Waals surface area contributed by atoms with Crippen LogP contribution in [0.2, 0.25) is 0 Å². The summed E-state index contributed by atoms with van der Waals surface area (Å²) in [5.41, 5.74) is 6.32. The van der Waals surface area contributed by atoms with Gasteiger partial charge in [0.05, 0.1) is 6.10 Å². The maximum absolute atomic E-state index is 5.89. The molecule has 0 aliphatic heterocycles. The van der Waals surface area contributed by atoms with Crippen molar-refractivity contribution in [2.75, 3.05) is 7.11 Å². The summed E-state index contributed by atoms with van der Waals surface area (Å²) in [6, 6.07) is 0.347. The van der Waals surface area contributed by atoms with Crippen molar-refractivity contribution in [1.82, 2.24) is 0 Å². The van der Waals surface area contributed by atoms with Crippen LogP contribution in [0.4, 0.5) is 0 Å². The average Bonchev–Trinajstić information content (AvgIpc) is 2.31. The molecule has 2 heteroatoms. The first kappa shape index (κ1) is 6.62. The van der Waals surface area contributed by atoms with Gasteiger partial charge in [0.2, 0.25) is 0 Å². The molecule has 0 aromatic carbocycles. The first-order valence-corrected chi connectivity index (χ1v) is 4.10. The molecule has 0 radical (unpaired) electrons. The second-order valence-electron chi connectivity index (χ2n) is 3.62. The fourth-order valence-electron chi connectivity index (χ4n) is 2.52. The number of nitrogens with two attached hydrogens (primary N) is 1. The van der Waals surface area contributed by atoms with Gasteiger partial charge in [0.1, 0.15) is 0 Å². The Morgan fingerprint density at radius 2 is 2.00 bits per heavy atom. The Hall–Kier alpha value is -0.0800. The Labute approximate surface area is 61.7 Å². The van der Waals surface area contributed by atoms with E-state index in [9.17, 15) is 0 Å². The minimum absolute atomic E-state index is 0.347. The molecule has 2 atom stereocenters. The van der Waals surface area contributed by atoms with Crippen molar-refractivity contribution in [3.8, 4) is 0 Å². The molecule has 2 aliphatic carbocycles. The molecule has 2 nitrogen and oxygen atoms in total. The minimum Gasteiger partial charge on any atom is -0.379 e. The molecule has 58 valence electrons. The molecular formula is C8H15NO. The summed E-state index contributed by atoms with van der Waals surface area (Å²) in [6.45, 7) is 0. The average molecular weight is 141 g/mol. The summed E-state index contributed by atoms with van der Waals surface area (Å²) in [6.07, 6.45) is 5.69. The van der Waals surface area contributed by atoms with Gasteiger partial charge in [-0.3, -0.25) is 0 Å². The lowest BCUT2D eigenvalue weighted by Crippen LogP contribution is -2.09. The monoisotopic (exact) mass is 141 g/mol. The van der Waals surface area contributed by atoms with Gasteiger partial charge in [-0.05, 0) is 12.8 Å². The molecule has 1 spiro atoms. The van der Waals surface area contributed by atoms with E-state index in [4.69, 9.17) is 10.5 Å². The van der Waals surface area contributed by atoms with Crippen molar-refractivity contribution in [2.45, 2.75) is 37.8 Å². The summed E-state index contributed by atoms with van der Waals surface area (Å²) < 4.78 is 5.29. The molecule has 0 heterocycles. The van der Waals surface area contributed by atoms with Crippen LogP contribution in [-0.4, -0.2) is 19.3 Å². The molecule has 2 aliphatic rings. The van der Waals surface area contributed by atoms with Crippen LogP contribution in [0.3, 0.4) is 0 Å². The number of methoxy groups -OCH3 is 1. The lowest BCUT2D eigenvalue weighted by molar-refractivity contribution is 0.143. The SMILES string of the molecule is CO[C@H]1[C@@H](N)C12CCCC2. The third-order valence-electron chi connectivity index (χ3n) is 3.24. The molecular weight excluding hydrogens is 126 g/mol.